The Kier molecular flexibility index (Phi) is 2.68. The zero-order valence-corrected chi connectivity index (χ0v) is 6.08. The van der Waals surface area contributed by atoms with Crippen LogP contribution < -0.4 is 0 Å². The fourth-order valence-electron chi connectivity index (χ4n) is 1.39. The monoisotopic (exact) mass is 144 g/mol. The molecule has 0 heterocycles. The van der Waals surface area contributed by atoms with E-state index in [2.05, 4.69) is 0 Å². The first kappa shape index (κ1) is 7.54. The third-order valence-electron chi connectivity index (χ3n) is 1.93. The van der Waals surface area contributed by atoms with Crippen molar-refractivity contribution in [2.75, 3.05) is 7.11 Å². The summed E-state index contributed by atoms with van der Waals surface area (Å²) in [5, 5.41) is 0. The van der Waals surface area contributed by atoms with E-state index in [1.165, 1.54) is 0 Å². The maximum atomic E-state index is 9.94. The summed E-state index contributed by atoms with van der Waals surface area (Å²) in [4.78, 5) is 9.94. The topological polar surface area (TPSA) is 35.5 Å². The van der Waals surface area contributed by atoms with Crippen LogP contribution in [0.15, 0.2) is 0 Å². The van der Waals surface area contributed by atoms with E-state index in [9.17, 15) is 4.79 Å². The van der Waals surface area contributed by atoms with Crippen molar-refractivity contribution in [1.29, 1.82) is 0 Å². The molecular formula is C7H12O3. The second kappa shape index (κ2) is 3.56. The van der Waals surface area contributed by atoms with Gasteiger partial charge in [-0.05, 0) is 19.3 Å². The van der Waals surface area contributed by atoms with Gasteiger partial charge in [-0.25, -0.2) is 0 Å². The molecule has 0 spiro atoms. The summed E-state index contributed by atoms with van der Waals surface area (Å²) in [6.07, 6.45) is 3.18. The summed E-state index contributed by atoms with van der Waals surface area (Å²) in [5.74, 6) is 0. The first-order valence-corrected chi connectivity index (χ1v) is 3.50. The molecule has 1 fully saturated rings. The molecule has 0 aromatic rings. The number of carbonyl (C=O) groups excluding carboxylic acids is 1. The fraction of sp³-hybridized carbons (Fsp3) is 0.857. The number of ether oxygens (including phenoxy) is 2. The van der Waals surface area contributed by atoms with Gasteiger partial charge in [0.25, 0.3) is 6.47 Å². The molecule has 3 heteroatoms. The minimum Gasteiger partial charge on any atom is -0.462 e. The van der Waals surface area contributed by atoms with Gasteiger partial charge in [-0.15, -0.1) is 0 Å². The number of methoxy groups -OCH3 is 1. The Bertz CT molecular complexity index is 113. The van der Waals surface area contributed by atoms with E-state index in [4.69, 9.17) is 9.47 Å². The summed E-state index contributed by atoms with van der Waals surface area (Å²) in [5.41, 5.74) is 0. The lowest BCUT2D eigenvalue weighted by molar-refractivity contribution is -0.138. The number of hydrogen-bond acceptors (Lipinski definition) is 3. The minimum atomic E-state index is 0.00231. The van der Waals surface area contributed by atoms with Gasteiger partial charge in [0, 0.05) is 7.11 Å². The van der Waals surface area contributed by atoms with Gasteiger partial charge < -0.3 is 9.47 Å². The van der Waals surface area contributed by atoms with Crippen LogP contribution in [0.4, 0.5) is 0 Å². The first-order chi connectivity index (χ1) is 4.88. The van der Waals surface area contributed by atoms with Gasteiger partial charge in [-0.3, -0.25) is 4.79 Å². The van der Waals surface area contributed by atoms with Crippen molar-refractivity contribution in [1.82, 2.24) is 0 Å². The largest absolute Gasteiger partial charge is 0.462 e. The Labute approximate surface area is 60.3 Å². The summed E-state index contributed by atoms with van der Waals surface area (Å²) in [6, 6.07) is 0. The van der Waals surface area contributed by atoms with E-state index in [0.717, 1.165) is 19.3 Å². The second-order valence-electron chi connectivity index (χ2n) is 2.48. The fourth-order valence-corrected chi connectivity index (χ4v) is 1.39. The third-order valence-corrected chi connectivity index (χ3v) is 1.93. The molecule has 1 rings (SSSR count). The van der Waals surface area contributed by atoms with Gasteiger partial charge in [0.2, 0.25) is 0 Å². The molecule has 0 aromatic carbocycles. The lowest BCUT2D eigenvalue weighted by atomic mass is 10.3. The second-order valence-corrected chi connectivity index (χ2v) is 2.48. The van der Waals surface area contributed by atoms with E-state index in [1.54, 1.807) is 7.11 Å². The Balaban J connectivity index is 2.34. The van der Waals surface area contributed by atoms with E-state index < -0.39 is 0 Å². The van der Waals surface area contributed by atoms with Gasteiger partial charge in [0.1, 0.15) is 6.10 Å². The van der Waals surface area contributed by atoms with Gasteiger partial charge in [-0.2, -0.15) is 0 Å². The van der Waals surface area contributed by atoms with Crippen molar-refractivity contribution in [2.45, 2.75) is 31.5 Å². The van der Waals surface area contributed by atoms with Crippen molar-refractivity contribution in [3.8, 4) is 0 Å². The summed E-state index contributed by atoms with van der Waals surface area (Å²) >= 11 is 0. The van der Waals surface area contributed by atoms with Crippen LogP contribution in [-0.4, -0.2) is 25.8 Å². The highest BCUT2D eigenvalue weighted by Crippen LogP contribution is 2.23. The van der Waals surface area contributed by atoms with Crippen molar-refractivity contribution in [3.05, 3.63) is 0 Å². The molecule has 2 unspecified atom stereocenters. The molecule has 0 aliphatic heterocycles. The Morgan fingerprint density at radius 2 is 2.10 bits per heavy atom. The number of carbonyl (C=O) groups is 1. The molecule has 1 aliphatic rings. The predicted molar refractivity (Wildman–Crippen MR) is 35.6 cm³/mol. The lowest BCUT2D eigenvalue weighted by Crippen LogP contribution is -2.24. The van der Waals surface area contributed by atoms with E-state index in [-0.39, 0.29) is 12.2 Å². The molecule has 0 radical (unpaired) electrons. The summed E-state index contributed by atoms with van der Waals surface area (Å²) < 4.78 is 9.89. The van der Waals surface area contributed by atoms with E-state index in [1.807, 2.05) is 0 Å². The van der Waals surface area contributed by atoms with Crippen molar-refractivity contribution < 1.29 is 14.3 Å². The van der Waals surface area contributed by atoms with Crippen LogP contribution in [0.3, 0.4) is 0 Å². The normalized spacial score (nSPS) is 32.1. The van der Waals surface area contributed by atoms with E-state index in [0.29, 0.717) is 6.47 Å². The van der Waals surface area contributed by atoms with Gasteiger partial charge >= 0.3 is 0 Å². The zero-order chi connectivity index (χ0) is 7.40. The van der Waals surface area contributed by atoms with Gasteiger partial charge in [0.05, 0.1) is 6.10 Å². The van der Waals surface area contributed by atoms with Gasteiger partial charge in [-0.1, -0.05) is 0 Å². The summed E-state index contributed by atoms with van der Waals surface area (Å²) in [7, 11) is 1.65. The molecule has 0 aromatic heterocycles. The molecular weight excluding hydrogens is 132 g/mol. The molecule has 1 aliphatic carbocycles. The highest BCUT2D eigenvalue weighted by molar-refractivity contribution is 5.37. The smallest absolute Gasteiger partial charge is 0.293 e. The molecule has 2 atom stereocenters. The Morgan fingerprint density at radius 3 is 2.70 bits per heavy atom. The van der Waals surface area contributed by atoms with Crippen molar-refractivity contribution in [2.24, 2.45) is 0 Å². The quantitative estimate of drug-likeness (QED) is 0.548. The van der Waals surface area contributed by atoms with Crippen LogP contribution in [0.5, 0.6) is 0 Å². The average Bonchev–Trinajstić information content (AvgIpc) is 2.36. The van der Waals surface area contributed by atoms with Crippen molar-refractivity contribution >= 4 is 6.47 Å². The minimum absolute atomic E-state index is 0.00231. The standard InChI is InChI=1S/C7H12O3/c1-9-6-3-2-4-7(6)10-5-8/h5-7H,2-4H2,1H3. The predicted octanol–water partition coefficient (Wildman–Crippen LogP) is 0.727. The maximum absolute atomic E-state index is 9.94. The molecule has 3 nitrogen and oxygen atoms in total. The molecule has 0 bridgehead atoms. The van der Waals surface area contributed by atoms with E-state index >= 15 is 0 Å². The average molecular weight is 144 g/mol. The SMILES string of the molecule is COC1CCCC1OC=O. The highest BCUT2D eigenvalue weighted by atomic mass is 16.6. The molecule has 0 N–H and O–H groups in total. The summed E-state index contributed by atoms with van der Waals surface area (Å²) in [6.45, 7) is 0.502. The zero-order valence-electron chi connectivity index (χ0n) is 6.08. The molecule has 10 heavy (non-hydrogen) atoms. The molecule has 0 amide bonds. The Hall–Kier alpha value is -0.570. The van der Waals surface area contributed by atoms with Gasteiger partial charge in [0.15, 0.2) is 0 Å². The van der Waals surface area contributed by atoms with Crippen LogP contribution in [0.25, 0.3) is 0 Å². The number of rotatable bonds is 3. The molecule has 0 saturated heterocycles. The maximum Gasteiger partial charge on any atom is 0.293 e. The highest BCUT2D eigenvalue weighted by Gasteiger charge is 2.27. The van der Waals surface area contributed by atoms with Crippen LogP contribution in [0, 0.1) is 0 Å². The van der Waals surface area contributed by atoms with Crippen molar-refractivity contribution in [3.63, 3.8) is 0 Å². The number of hydrogen-bond donors (Lipinski definition) is 0. The third kappa shape index (κ3) is 1.48. The molecule has 58 valence electrons. The van der Waals surface area contributed by atoms with Crippen LogP contribution in [0.1, 0.15) is 19.3 Å². The van der Waals surface area contributed by atoms with Crippen LogP contribution >= 0.6 is 0 Å². The van der Waals surface area contributed by atoms with Crippen LogP contribution in [0.2, 0.25) is 0 Å². The molecule has 1 saturated carbocycles. The van der Waals surface area contributed by atoms with Crippen LogP contribution in [-0.2, 0) is 14.3 Å². The first-order valence-electron chi connectivity index (χ1n) is 3.50. The lowest BCUT2D eigenvalue weighted by Gasteiger charge is -2.15. The Morgan fingerprint density at radius 1 is 1.40 bits per heavy atom.